The lowest BCUT2D eigenvalue weighted by molar-refractivity contribution is 0.102. The lowest BCUT2D eigenvalue weighted by atomic mass is 10.2. The SMILES string of the molecule is Cc1cc(N2CCCC2)nc(Nc2ccc(NC(=O)c3ccccc3Br)cc2)n1. The molecule has 0 radical (unpaired) electrons. The van der Waals surface area contributed by atoms with Gasteiger partial charge in [0.1, 0.15) is 5.82 Å². The van der Waals surface area contributed by atoms with Crippen LogP contribution in [0.3, 0.4) is 0 Å². The van der Waals surface area contributed by atoms with Crippen LogP contribution in [0.4, 0.5) is 23.1 Å². The molecule has 1 aromatic heterocycles. The maximum atomic E-state index is 12.4. The summed E-state index contributed by atoms with van der Waals surface area (Å²) in [5.74, 6) is 1.39. The Balaban J connectivity index is 1.45. The largest absolute Gasteiger partial charge is 0.356 e. The smallest absolute Gasteiger partial charge is 0.256 e. The molecule has 4 rings (SSSR count). The number of carbonyl (C=O) groups is 1. The third kappa shape index (κ3) is 4.74. The Morgan fingerprint density at radius 3 is 2.41 bits per heavy atom. The molecule has 3 aromatic rings. The molecular weight excluding hydrogens is 430 g/mol. The van der Waals surface area contributed by atoms with Gasteiger partial charge in [0, 0.05) is 40.7 Å². The van der Waals surface area contributed by atoms with Crippen LogP contribution in [0.5, 0.6) is 0 Å². The molecule has 0 unspecified atom stereocenters. The molecule has 1 amide bonds. The van der Waals surface area contributed by atoms with Gasteiger partial charge in [-0.1, -0.05) is 12.1 Å². The van der Waals surface area contributed by atoms with Crippen molar-refractivity contribution in [3.63, 3.8) is 0 Å². The summed E-state index contributed by atoms with van der Waals surface area (Å²) in [7, 11) is 0. The summed E-state index contributed by atoms with van der Waals surface area (Å²) in [4.78, 5) is 23.9. The van der Waals surface area contributed by atoms with Crippen molar-refractivity contribution in [1.82, 2.24) is 9.97 Å². The Bertz CT molecular complexity index is 1020. The van der Waals surface area contributed by atoms with Crippen molar-refractivity contribution < 1.29 is 4.79 Å². The molecule has 6 nitrogen and oxygen atoms in total. The molecule has 7 heteroatoms. The molecule has 2 N–H and O–H groups in total. The summed E-state index contributed by atoms with van der Waals surface area (Å²) in [6, 6.07) is 16.9. The van der Waals surface area contributed by atoms with Gasteiger partial charge in [-0.3, -0.25) is 4.79 Å². The van der Waals surface area contributed by atoms with Crippen LogP contribution in [-0.4, -0.2) is 29.0 Å². The van der Waals surface area contributed by atoms with Crippen LogP contribution in [0.15, 0.2) is 59.1 Å². The number of anilines is 4. The zero-order chi connectivity index (χ0) is 20.2. The van der Waals surface area contributed by atoms with Crippen LogP contribution in [-0.2, 0) is 0 Å². The van der Waals surface area contributed by atoms with E-state index in [-0.39, 0.29) is 5.91 Å². The molecule has 0 bridgehead atoms. The summed E-state index contributed by atoms with van der Waals surface area (Å²) in [6.45, 7) is 4.07. The van der Waals surface area contributed by atoms with Crippen LogP contribution >= 0.6 is 15.9 Å². The number of amides is 1. The van der Waals surface area contributed by atoms with E-state index in [4.69, 9.17) is 0 Å². The molecular formula is C22H22BrN5O. The van der Waals surface area contributed by atoms with E-state index in [0.29, 0.717) is 11.5 Å². The number of halogens is 1. The van der Waals surface area contributed by atoms with Crippen molar-refractivity contribution in [2.24, 2.45) is 0 Å². The van der Waals surface area contributed by atoms with Crippen molar-refractivity contribution >= 4 is 45.0 Å². The van der Waals surface area contributed by atoms with Crippen LogP contribution in [0.2, 0.25) is 0 Å². The minimum absolute atomic E-state index is 0.157. The van der Waals surface area contributed by atoms with E-state index in [1.165, 1.54) is 12.8 Å². The van der Waals surface area contributed by atoms with Gasteiger partial charge in [0.05, 0.1) is 5.56 Å². The van der Waals surface area contributed by atoms with Gasteiger partial charge >= 0.3 is 0 Å². The summed E-state index contributed by atoms with van der Waals surface area (Å²) in [6.07, 6.45) is 2.41. The standard InChI is InChI=1S/C22H22BrN5O/c1-15-14-20(28-12-4-5-13-28)27-22(24-15)26-17-10-8-16(9-11-17)25-21(29)18-6-2-3-7-19(18)23/h2-3,6-11,14H,4-5,12-13H2,1H3,(H,25,29)(H,24,26,27). The molecule has 0 spiro atoms. The summed E-state index contributed by atoms with van der Waals surface area (Å²) in [5, 5.41) is 6.17. The van der Waals surface area contributed by atoms with E-state index in [1.54, 1.807) is 6.07 Å². The van der Waals surface area contributed by atoms with Crippen molar-refractivity contribution in [1.29, 1.82) is 0 Å². The molecule has 1 fully saturated rings. The molecule has 148 valence electrons. The molecule has 0 atom stereocenters. The molecule has 1 aliphatic heterocycles. The molecule has 1 saturated heterocycles. The Morgan fingerprint density at radius 2 is 1.69 bits per heavy atom. The Kier molecular flexibility index (Phi) is 5.76. The minimum atomic E-state index is -0.157. The van der Waals surface area contributed by atoms with E-state index in [1.807, 2.05) is 55.5 Å². The van der Waals surface area contributed by atoms with Crippen molar-refractivity contribution in [2.45, 2.75) is 19.8 Å². The van der Waals surface area contributed by atoms with Gasteiger partial charge in [0.2, 0.25) is 5.95 Å². The molecule has 0 aliphatic carbocycles. The fourth-order valence-corrected chi connectivity index (χ4v) is 3.79. The fourth-order valence-electron chi connectivity index (χ4n) is 3.33. The number of hydrogen-bond donors (Lipinski definition) is 2. The monoisotopic (exact) mass is 451 g/mol. The fraction of sp³-hybridized carbons (Fsp3) is 0.227. The highest BCUT2D eigenvalue weighted by molar-refractivity contribution is 9.10. The third-order valence-electron chi connectivity index (χ3n) is 4.79. The summed E-state index contributed by atoms with van der Waals surface area (Å²) < 4.78 is 0.765. The second kappa shape index (κ2) is 8.61. The number of aryl methyl sites for hydroxylation is 1. The first-order valence-corrected chi connectivity index (χ1v) is 10.4. The Hall–Kier alpha value is -2.93. The van der Waals surface area contributed by atoms with E-state index >= 15 is 0 Å². The number of aromatic nitrogens is 2. The lowest BCUT2D eigenvalue weighted by Crippen LogP contribution is -2.19. The predicted octanol–water partition coefficient (Wildman–Crippen LogP) is 5.14. The molecule has 29 heavy (non-hydrogen) atoms. The van der Waals surface area contributed by atoms with E-state index in [2.05, 4.69) is 41.4 Å². The summed E-state index contributed by atoms with van der Waals surface area (Å²) in [5.41, 5.74) is 3.11. The number of nitrogens with one attached hydrogen (secondary N) is 2. The topological polar surface area (TPSA) is 70.2 Å². The Morgan fingerprint density at radius 1 is 1.00 bits per heavy atom. The van der Waals surface area contributed by atoms with Gasteiger partial charge in [0.15, 0.2) is 0 Å². The van der Waals surface area contributed by atoms with Gasteiger partial charge in [-0.2, -0.15) is 4.98 Å². The van der Waals surface area contributed by atoms with E-state index < -0.39 is 0 Å². The number of nitrogens with zero attached hydrogens (tertiary/aromatic N) is 3. The van der Waals surface area contributed by atoms with Crippen LogP contribution in [0.25, 0.3) is 0 Å². The molecule has 2 heterocycles. The maximum absolute atomic E-state index is 12.4. The first-order valence-electron chi connectivity index (χ1n) is 9.62. The highest BCUT2D eigenvalue weighted by Gasteiger charge is 2.15. The molecule has 1 aliphatic rings. The second-order valence-electron chi connectivity index (χ2n) is 7.02. The van der Waals surface area contributed by atoms with Gasteiger partial charge in [-0.25, -0.2) is 4.98 Å². The normalized spacial score (nSPS) is 13.4. The van der Waals surface area contributed by atoms with E-state index in [0.717, 1.165) is 40.4 Å². The number of carbonyl (C=O) groups excluding carboxylic acids is 1. The predicted molar refractivity (Wildman–Crippen MR) is 120 cm³/mol. The van der Waals surface area contributed by atoms with Gasteiger partial charge in [0.25, 0.3) is 5.91 Å². The quantitative estimate of drug-likeness (QED) is 0.561. The van der Waals surface area contributed by atoms with Crippen molar-refractivity contribution in [3.8, 4) is 0 Å². The first-order chi connectivity index (χ1) is 14.1. The highest BCUT2D eigenvalue weighted by atomic mass is 79.9. The highest BCUT2D eigenvalue weighted by Crippen LogP contribution is 2.23. The van der Waals surface area contributed by atoms with Gasteiger partial charge in [-0.15, -0.1) is 0 Å². The zero-order valence-corrected chi connectivity index (χ0v) is 17.7. The van der Waals surface area contributed by atoms with Gasteiger partial charge < -0.3 is 15.5 Å². The second-order valence-corrected chi connectivity index (χ2v) is 7.88. The van der Waals surface area contributed by atoms with Gasteiger partial charge in [-0.05, 0) is 72.1 Å². The van der Waals surface area contributed by atoms with Crippen LogP contribution in [0.1, 0.15) is 28.9 Å². The first kappa shape index (κ1) is 19.4. The maximum Gasteiger partial charge on any atom is 0.256 e. The third-order valence-corrected chi connectivity index (χ3v) is 5.48. The minimum Gasteiger partial charge on any atom is -0.356 e. The van der Waals surface area contributed by atoms with E-state index in [9.17, 15) is 4.79 Å². The van der Waals surface area contributed by atoms with Crippen LogP contribution in [0, 0.1) is 6.92 Å². The number of benzene rings is 2. The molecule has 2 aromatic carbocycles. The average molecular weight is 452 g/mol. The Labute approximate surface area is 178 Å². The van der Waals surface area contributed by atoms with Crippen molar-refractivity contribution in [3.05, 3.63) is 70.3 Å². The molecule has 0 saturated carbocycles. The zero-order valence-electron chi connectivity index (χ0n) is 16.2. The summed E-state index contributed by atoms with van der Waals surface area (Å²) >= 11 is 3.41. The average Bonchev–Trinajstić information content (AvgIpc) is 3.24. The number of rotatable bonds is 5. The number of hydrogen-bond acceptors (Lipinski definition) is 5. The van der Waals surface area contributed by atoms with Crippen LogP contribution < -0.4 is 15.5 Å². The lowest BCUT2D eigenvalue weighted by Gasteiger charge is -2.17. The van der Waals surface area contributed by atoms with Crippen molar-refractivity contribution in [2.75, 3.05) is 28.6 Å².